The maximum Gasteiger partial charge on any atom is 0.141 e. The first-order valence-electron chi connectivity index (χ1n) is 5.56. The summed E-state index contributed by atoms with van der Waals surface area (Å²) in [4.78, 5) is 1.82. The van der Waals surface area contributed by atoms with Crippen LogP contribution in [0.4, 0.5) is 10.1 Å². The molecule has 0 fully saturated rings. The van der Waals surface area contributed by atoms with Crippen LogP contribution in [-0.2, 0) is 6.54 Å². The van der Waals surface area contributed by atoms with Gasteiger partial charge in [-0.15, -0.1) is 17.0 Å². The third kappa shape index (κ3) is 2.38. The largest absolute Gasteiger partial charge is 0.322 e. The van der Waals surface area contributed by atoms with Gasteiger partial charge in [-0.25, -0.2) is 4.39 Å². The second kappa shape index (κ2) is 5.31. The Kier molecular flexibility index (Phi) is 3.92. The van der Waals surface area contributed by atoms with Gasteiger partial charge in [0.2, 0.25) is 0 Å². The number of anilines is 1. The fourth-order valence-electron chi connectivity index (χ4n) is 2.16. The minimum atomic E-state index is -0.441. The van der Waals surface area contributed by atoms with Crippen LogP contribution >= 0.6 is 28.6 Å². The Morgan fingerprint density at radius 3 is 2.58 bits per heavy atom. The summed E-state index contributed by atoms with van der Waals surface area (Å²) in [5.74, 6) is -0.0167. The maximum absolute atomic E-state index is 13.1. The summed E-state index contributed by atoms with van der Waals surface area (Å²) in [6, 6.07) is 12.3. The van der Waals surface area contributed by atoms with Gasteiger partial charge in [-0.1, -0.05) is 35.9 Å². The standard InChI is InChI=1S/C14H10ClFN2.BrH/c15-12-7-10(5-6-13(12)16)18-8-9-3-1-2-4-11(9)14(18)17;/h1-7,17H,8H2;1H. The number of nitrogens with one attached hydrogen (secondary N) is 1. The lowest BCUT2D eigenvalue weighted by atomic mass is 10.1. The van der Waals surface area contributed by atoms with Crippen molar-refractivity contribution in [1.82, 2.24) is 0 Å². The van der Waals surface area contributed by atoms with Crippen molar-refractivity contribution >= 4 is 40.1 Å². The zero-order valence-electron chi connectivity index (χ0n) is 9.86. The van der Waals surface area contributed by atoms with Crippen LogP contribution in [0, 0.1) is 11.2 Å². The molecule has 0 saturated heterocycles. The Morgan fingerprint density at radius 1 is 1.16 bits per heavy atom. The maximum atomic E-state index is 13.1. The fourth-order valence-corrected chi connectivity index (χ4v) is 2.33. The van der Waals surface area contributed by atoms with E-state index in [0.717, 1.165) is 16.8 Å². The molecule has 1 aliphatic heterocycles. The highest BCUT2D eigenvalue weighted by molar-refractivity contribution is 8.93. The molecule has 2 aromatic carbocycles. The zero-order valence-corrected chi connectivity index (χ0v) is 12.3. The summed E-state index contributed by atoms with van der Waals surface area (Å²) in [5.41, 5.74) is 2.75. The van der Waals surface area contributed by atoms with E-state index in [2.05, 4.69) is 0 Å². The SMILES string of the molecule is Br.N=C1c2ccccc2CN1c1ccc(F)c(Cl)c1. The van der Waals surface area contributed by atoms with Gasteiger partial charge in [0, 0.05) is 11.3 Å². The van der Waals surface area contributed by atoms with Crippen molar-refractivity contribution in [2.75, 3.05) is 4.90 Å². The predicted octanol–water partition coefficient (Wildman–Crippen LogP) is 4.40. The molecule has 5 heteroatoms. The van der Waals surface area contributed by atoms with Crippen LogP contribution in [0.5, 0.6) is 0 Å². The summed E-state index contributed by atoms with van der Waals surface area (Å²) in [6.07, 6.45) is 0. The Morgan fingerprint density at radius 2 is 1.89 bits per heavy atom. The molecular formula is C14H11BrClFN2. The van der Waals surface area contributed by atoms with Crippen molar-refractivity contribution in [3.8, 4) is 0 Å². The van der Waals surface area contributed by atoms with Gasteiger partial charge in [0.15, 0.2) is 0 Å². The number of halogens is 3. The monoisotopic (exact) mass is 340 g/mol. The molecule has 0 saturated carbocycles. The Balaban J connectivity index is 0.00000133. The summed E-state index contributed by atoms with van der Waals surface area (Å²) >= 11 is 5.78. The van der Waals surface area contributed by atoms with Gasteiger partial charge in [-0.3, -0.25) is 5.41 Å². The second-order valence-electron chi connectivity index (χ2n) is 4.19. The predicted molar refractivity (Wildman–Crippen MR) is 81.2 cm³/mol. The Bertz CT molecular complexity index is 645. The number of nitrogens with zero attached hydrogens (tertiary/aromatic N) is 1. The molecular weight excluding hydrogens is 331 g/mol. The van der Waals surface area contributed by atoms with Gasteiger partial charge in [-0.2, -0.15) is 0 Å². The lowest BCUT2D eigenvalue weighted by molar-refractivity contribution is 0.628. The van der Waals surface area contributed by atoms with Crippen molar-refractivity contribution in [2.45, 2.75) is 6.54 Å². The number of benzene rings is 2. The molecule has 0 bridgehead atoms. The van der Waals surface area contributed by atoms with E-state index in [1.807, 2.05) is 29.2 Å². The van der Waals surface area contributed by atoms with E-state index in [-0.39, 0.29) is 22.0 Å². The van der Waals surface area contributed by atoms with Gasteiger partial charge in [-0.05, 0) is 23.8 Å². The zero-order chi connectivity index (χ0) is 12.7. The topological polar surface area (TPSA) is 27.1 Å². The molecule has 0 atom stereocenters. The highest BCUT2D eigenvalue weighted by Crippen LogP contribution is 2.30. The van der Waals surface area contributed by atoms with Gasteiger partial charge in [0.25, 0.3) is 0 Å². The van der Waals surface area contributed by atoms with Crippen molar-refractivity contribution in [1.29, 1.82) is 5.41 Å². The van der Waals surface area contributed by atoms with E-state index in [0.29, 0.717) is 12.4 Å². The number of hydrogen-bond donors (Lipinski definition) is 1. The molecule has 2 aromatic rings. The van der Waals surface area contributed by atoms with Crippen molar-refractivity contribution in [3.05, 3.63) is 64.4 Å². The molecule has 0 aliphatic carbocycles. The summed E-state index contributed by atoms with van der Waals surface area (Å²) < 4.78 is 13.1. The van der Waals surface area contributed by atoms with Crippen LogP contribution in [0.1, 0.15) is 11.1 Å². The highest BCUT2D eigenvalue weighted by atomic mass is 79.9. The first-order chi connectivity index (χ1) is 8.66. The lowest BCUT2D eigenvalue weighted by Gasteiger charge is -2.18. The van der Waals surface area contributed by atoms with Crippen molar-refractivity contribution < 1.29 is 4.39 Å². The van der Waals surface area contributed by atoms with Crippen LogP contribution in [0.3, 0.4) is 0 Å². The average molecular weight is 342 g/mol. The van der Waals surface area contributed by atoms with Crippen LogP contribution in [-0.4, -0.2) is 5.84 Å². The number of fused-ring (bicyclic) bond motifs is 1. The smallest absolute Gasteiger partial charge is 0.141 e. The van der Waals surface area contributed by atoms with Crippen LogP contribution in [0.2, 0.25) is 5.02 Å². The highest BCUT2D eigenvalue weighted by Gasteiger charge is 2.25. The average Bonchev–Trinajstić information content (AvgIpc) is 2.71. The third-order valence-electron chi connectivity index (χ3n) is 3.09. The number of amidine groups is 1. The number of rotatable bonds is 1. The first kappa shape index (κ1) is 14.0. The summed E-state index contributed by atoms with van der Waals surface area (Å²) in [5, 5.41) is 8.22. The molecule has 3 rings (SSSR count). The Labute approximate surface area is 126 Å². The van der Waals surface area contributed by atoms with E-state index in [9.17, 15) is 4.39 Å². The minimum absolute atomic E-state index is 0. The summed E-state index contributed by atoms with van der Waals surface area (Å²) in [6.45, 7) is 0.622. The van der Waals surface area contributed by atoms with E-state index in [4.69, 9.17) is 17.0 Å². The molecule has 0 unspecified atom stereocenters. The van der Waals surface area contributed by atoms with Gasteiger partial charge >= 0.3 is 0 Å². The lowest BCUT2D eigenvalue weighted by Crippen LogP contribution is -2.22. The van der Waals surface area contributed by atoms with Crippen molar-refractivity contribution in [2.24, 2.45) is 0 Å². The van der Waals surface area contributed by atoms with E-state index < -0.39 is 5.82 Å². The number of hydrogen-bond acceptors (Lipinski definition) is 1. The second-order valence-corrected chi connectivity index (χ2v) is 4.60. The molecule has 0 amide bonds. The molecule has 0 radical (unpaired) electrons. The molecule has 2 nitrogen and oxygen atoms in total. The van der Waals surface area contributed by atoms with E-state index in [1.54, 1.807) is 12.1 Å². The fraction of sp³-hybridized carbons (Fsp3) is 0.0714. The van der Waals surface area contributed by atoms with Gasteiger partial charge in [0.1, 0.15) is 11.7 Å². The molecule has 1 aliphatic rings. The normalized spacial score (nSPS) is 13.2. The third-order valence-corrected chi connectivity index (χ3v) is 3.38. The molecule has 98 valence electrons. The molecule has 19 heavy (non-hydrogen) atoms. The molecule has 1 N–H and O–H groups in total. The summed E-state index contributed by atoms with van der Waals surface area (Å²) in [7, 11) is 0. The molecule has 1 heterocycles. The molecule has 0 spiro atoms. The quantitative estimate of drug-likeness (QED) is 0.817. The van der Waals surface area contributed by atoms with Crippen LogP contribution in [0.25, 0.3) is 0 Å². The van der Waals surface area contributed by atoms with Crippen molar-refractivity contribution in [3.63, 3.8) is 0 Å². The van der Waals surface area contributed by atoms with Gasteiger partial charge < -0.3 is 4.90 Å². The first-order valence-corrected chi connectivity index (χ1v) is 5.94. The Hall–Kier alpha value is -1.39. The minimum Gasteiger partial charge on any atom is -0.322 e. The van der Waals surface area contributed by atoms with Crippen LogP contribution in [0.15, 0.2) is 42.5 Å². The van der Waals surface area contributed by atoms with E-state index in [1.165, 1.54) is 6.07 Å². The molecule has 0 aromatic heterocycles. The van der Waals surface area contributed by atoms with E-state index >= 15 is 0 Å². The van der Waals surface area contributed by atoms with Crippen LogP contribution < -0.4 is 4.90 Å². The van der Waals surface area contributed by atoms with Gasteiger partial charge in [0.05, 0.1) is 11.6 Å².